The average Bonchev–Trinajstić information content (AvgIpc) is 2.54. The fourth-order valence-electron chi connectivity index (χ4n) is 2.15. The van der Waals surface area contributed by atoms with Gasteiger partial charge in [0.2, 0.25) is 0 Å². The van der Waals surface area contributed by atoms with Gasteiger partial charge in [0.05, 0.1) is 19.4 Å². The van der Waals surface area contributed by atoms with Crippen LogP contribution in [0.25, 0.3) is 5.57 Å². The van der Waals surface area contributed by atoms with Gasteiger partial charge in [-0.3, -0.25) is 14.2 Å². The maximum absolute atomic E-state index is 12.8. The lowest BCUT2D eigenvalue weighted by atomic mass is 10.1. The van der Waals surface area contributed by atoms with Gasteiger partial charge in [-0.15, -0.1) is 0 Å². The summed E-state index contributed by atoms with van der Waals surface area (Å²) in [6, 6.07) is 9.32. The van der Waals surface area contributed by atoms with Crippen LogP contribution in [0, 0.1) is 0 Å². The standard InChI is InChI=1S/C18H25O6P/c1-4-23-25(21,24-5-2)14-17(16-9-7-6-8-10-16)11-12-22-18(20)13-15(3)19/h6-11H,4-5,12-14H2,1-3H3/b17-11-. The Morgan fingerprint density at radius 1 is 1.08 bits per heavy atom. The number of allylic oxidation sites excluding steroid dienone is 1. The van der Waals surface area contributed by atoms with Crippen LogP contribution in [0.4, 0.5) is 0 Å². The van der Waals surface area contributed by atoms with E-state index < -0.39 is 13.6 Å². The van der Waals surface area contributed by atoms with E-state index in [2.05, 4.69) is 0 Å². The predicted molar refractivity (Wildman–Crippen MR) is 96.4 cm³/mol. The molecule has 0 aromatic heterocycles. The van der Waals surface area contributed by atoms with Crippen LogP contribution in [0.3, 0.4) is 0 Å². The van der Waals surface area contributed by atoms with Gasteiger partial charge in [-0.25, -0.2) is 0 Å². The summed E-state index contributed by atoms with van der Waals surface area (Å²) in [5.74, 6) is -0.844. The first kappa shape index (κ1) is 21.3. The summed E-state index contributed by atoms with van der Waals surface area (Å²) in [5, 5.41) is 0. The smallest absolute Gasteiger partial charge is 0.335 e. The highest BCUT2D eigenvalue weighted by molar-refractivity contribution is 7.54. The molecule has 1 rings (SSSR count). The minimum Gasteiger partial charge on any atom is -0.461 e. The monoisotopic (exact) mass is 368 g/mol. The lowest BCUT2D eigenvalue weighted by Gasteiger charge is -2.19. The number of Topliss-reactive ketones (excluding diaryl/α,β-unsaturated/α-hetero) is 1. The molecule has 1 aromatic rings. The van der Waals surface area contributed by atoms with Crippen molar-refractivity contribution in [3.05, 3.63) is 42.0 Å². The number of ketones is 1. The third-order valence-electron chi connectivity index (χ3n) is 3.13. The van der Waals surface area contributed by atoms with Gasteiger partial charge in [0.25, 0.3) is 0 Å². The summed E-state index contributed by atoms with van der Waals surface area (Å²) in [4.78, 5) is 22.4. The third-order valence-corrected chi connectivity index (χ3v) is 5.16. The summed E-state index contributed by atoms with van der Waals surface area (Å²) >= 11 is 0. The van der Waals surface area contributed by atoms with E-state index >= 15 is 0 Å². The number of hydrogen-bond acceptors (Lipinski definition) is 6. The fourth-order valence-corrected chi connectivity index (χ4v) is 3.92. The zero-order valence-electron chi connectivity index (χ0n) is 14.9. The van der Waals surface area contributed by atoms with Crippen LogP contribution < -0.4 is 0 Å². The Kier molecular flexibility index (Phi) is 9.35. The zero-order valence-corrected chi connectivity index (χ0v) is 15.8. The second-order valence-electron chi connectivity index (χ2n) is 5.26. The van der Waals surface area contributed by atoms with Crippen molar-refractivity contribution < 1.29 is 27.9 Å². The quantitative estimate of drug-likeness (QED) is 0.335. The van der Waals surface area contributed by atoms with Gasteiger partial charge in [-0.05, 0) is 38.0 Å². The van der Waals surface area contributed by atoms with Gasteiger partial charge in [0.15, 0.2) is 0 Å². The number of hydrogen-bond donors (Lipinski definition) is 0. The molecule has 25 heavy (non-hydrogen) atoms. The molecule has 0 saturated carbocycles. The van der Waals surface area contributed by atoms with Gasteiger partial charge in [0, 0.05) is 0 Å². The fraction of sp³-hybridized carbons (Fsp3) is 0.444. The van der Waals surface area contributed by atoms with Crippen molar-refractivity contribution in [1.82, 2.24) is 0 Å². The van der Waals surface area contributed by atoms with Crippen LogP contribution in [-0.4, -0.2) is 37.7 Å². The SMILES string of the molecule is CCOP(=O)(C/C(=C/COC(=O)CC(C)=O)c1ccccc1)OCC. The second kappa shape index (κ2) is 11.0. The Labute approximate surface area is 148 Å². The second-order valence-corrected chi connectivity index (χ2v) is 7.32. The molecule has 0 amide bonds. The maximum atomic E-state index is 12.8. The van der Waals surface area contributed by atoms with Crippen LogP contribution in [0.5, 0.6) is 0 Å². The van der Waals surface area contributed by atoms with Gasteiger partial charge in [-0.1, -0.05) is 30.3 Å². The molecular weight excluding hydrogens is 343 g/mol. The Morgan fingerprint density at radius 3 is 2.20 bits per heavy atom. The van der Waals surface area contributed by atoms with Crippen molar-refractivity contribution in [2.24, 2.45) is 0 Å². The molecule has 0 bridgehead atoms. The summed E-state index contributed by atoms with van der Waals surface area (Å²) in [6.07, 6.45) is 1.48. The molecule has 0 unspecified atom stereocenters. The molecule has 0 saturated heterocycles. The number of benzene rings is 1. The Morgan fingerprint density at radius 2 is 1.68 bits per heavy atom. The largest absolute Gasteiger partial charge is 0.461 e. The van der Waals surface area contributed by atoms with Gasteiger partial charge in [0.1, 0.15) is 18.8 Å². The number of ether oxygens (including phenoxy) is 1. The van der Waals surface area contributed by atoms with Crippen molar-refractivity contribution in [2.45, 2.75) is 27.2 Å². The summed E-state index contributed by atoms with van der Waals surface area (Å²) in [6.45, 7) is 5.35. The van der Waals surface area contributed by atoms with Gasteiger partial charge >= 0.3 is 13.6 Å². The first-order valence-electron chi connectivity index (χ1n) is 8.17. The molecule has 0 atom stereocenters. The molecule has 0 N–H and O–H groups in total. The topological polar surface area (TPSA) is 78.9 Å². The average molecular weight is 368 g/mol. The number of esters is 1. The van der Waals surface area contributed by atoms with E-state index in [0.29, 0.717) is 5.57 Å². The molecule has 0 aliphatic rings. The maximum Gasteiger partial charge on any atom is 0.335 e. The van der Waals surface area contributed by atoms with E-state index in [9.17, 15) is 14.2 Å². The molecule has 6 nitrogen and oxygen atoms in total. The number of carbonyl (C=O) groups is 2. The van der Waals surface area contributed by atoms with Crippen molar-refractivity contribution in [2.75, 3.05) is 26.0 Å². The van der Waals surface area contributed by atoms with Crippen molar-refractivity contribution in [3.8, 4) is 0 Å². The minimum atomic E-state index is -3.29. The highest BCUT2D eigenvalue weighted by atomic mass is 31.2. The lowest BCUT2D eigenvalue weighted by Crippen LogP contribution is -2.09. The molecule has 0 heterocycles. The number of carbonyl (C=O) groups excluding carboxylic acids is 2. The molecule has 0 radical (unpaired) electrons. The van der Waals surface area contributed by atoms with Crippen LogP contribution in [-0.2, 0) is 27.9 Å². The molecule has 0 fully saturated rings. The molecular formula is C18H25O6P. The first-order chi connectivity index (χ1) is 11.9. The van der Waals surface area contributed by atoms with E-state index in [4.69, 9.17) is 13.8 Å². The van der Waals surface area contributed by atoms with Gasteiger partial charge in [-0.2, -0.15) is 0 Å². The molecule has 0 aliphatic heterocycles. The number of rotatable bonds is 11. The summed E-state index contributed by atoms with van der Waals surface area (Å²) in [7, 11) is -3.29. The summed E-state index contributed by atoms with van der Waals surface area (Å²) in [5.41, 5.74) is 1.53. The van der Waals surface area contributed by atoms with E-state index in [1.807, 2.05) is 30.3 Å². The van der Waals surface area contributed by atoms with Crippen molar-refractivity contribution >= 4 is 24.9 Å². The molecule has 7 heteroatoms. The minimum absolute atomic E-state index is 0.0193. The van der Waals surface area contributed by atoms with E-state index in [-0.39, 0.29) is 38.2 Å². The Bertz CT molecular complexity index is 628. The Hall–Kier alpha value is -1.75. The molecule has 0 spiro atoms. The van der Waals surface area contributed by atoms with Crippen LogP contribution in [0.2, 0.25) is 0 Å². The lowest BCUT2D eigenvalue weighted by molar-refractivity contribution is -0.144. The molecule has 1 aromatic carbocycles. The van der Waals surface area contributed by atoms with Crippen LogP contribution in [0.1, 0.15) is 32.8 Å². The zero-order chi connectivity index (χ0) is 18.7. The Balaban J connectivity index is 2.93. The van der Waals surface area contributed by atoms with Crippen molar-refractivity contribution in [3.63, 3.8) is 0 Å². The third kappa shape index (κ3) is 8.25. The van der Waals surface area contributed by atoms with E-state index in [0.717, 1.165) is 5.56 Å². The molecule has 0 aliphatic carbocycles. The van der Waals surface area contributed by atoms with E-state index in [1.54, 1.807) is 19.9 Å². The van der Waals surface area contributed by atoms with Gasteiger partial charge < -0.3 is 13.8 Å². The predicted octanol–water partition coefficient (Wildman–Crippen LogP) is 3.86. The first-order valence-corrected chi connectivity index (χ1v) is 9.90. The van der Waals surface area contributed by atoms with Crippen LogP contribution >= 0.6 is 7.60 Å². The van der Waals surface area contributed by atoms with E-state index in [1.165, 1.54) is 6.92 Å². The summed E-state index contributed by atoms with van der Waals surface area (Å²) < 4.78 is 28.5. The normalized spacial score (nSPS) is 12.0. The molecule has 138 valence electrons. The highest BCUT2D eigenvalue weighted by Crippen LogP contribution is 2.50. The van der Waals surface area contributed by atoms with Crippen LogP contribution in [0.15, 0.2) is 36.4 Å². The highest BCUT2D eigenvalue weighted by Gasteiger charge is 2.25. The van der Waals surface area contributed by atoms with Crippen molar-refractivity contribution in [1.29, 1.82) is 0 Å².